The number of amides is 1. The molecule has 2 aromatic rings. The van der Waals surface area contributed by atoms with Crippen molar-refractivity contribution in [3.8, 4) is 5.75 Å². The van der Waals surface area contributed by atoms with Gasteiger partial charge in [0, 0.05) is 5.69 Å². The molecule has 2 aromatic carbocycles. The number of hydrogen-bond donors (Lipinski definition) is 1. The van der Waals surface area contributed by atoms with E-state index in [0.717, 1.165) is 11.1 Å². The number of carbonyl (C=O) groups is 2. The minimum Gasteiger partial charge on any atom is -0.483 e. The van der Waals surface area contributed by atoms with E-state index in [1.165, 1.54) is 0 Å². The minimum atomic E-state index is -0.413. The third-order valence-corrected chi connectivity index (χ3v) is 3.48. The molecule has 1 N–H and O–H groups in total. The molecule has 0 saturated carbocycles. The molecule has 0 saturated heterocycles. The summed E-state index contributed by atoms with van der Waals surface area (Å²) in [6.45, 7) is 5.72. The SMILES string of the molecule is CCOC(=O)c1ccc(C)c(NC(=O)COc2ccccc2C)c1. The summed E-state index contributed by atoms with van der Waals surface area (Å²) in [7, 11) is 0. The van der Waals surface area contributed by atoms with E-state index >= 15 is 0 Å². The standard InChI is InChI=1S/C19H21NO4/c1-4-23-19(22)15-10-9-13(2)16(11-15)20-18(21)12-24-17-8-6-5-7-14(17)3/h5-11H,4,12H2,1-3H3,(H,20,21). The van der Waals surface area contributed by atoms with Crippen LogP contribution in [0.2, 0.25) is 0 Å². The van der Waals surface area contributed by atoms with Crippen LogP contribution in [-0.2, 0) is 9.53 Å². The summed E-state index contributed by atoms with van der Waals surface area (Å²) in [6, 6.07) is 12.5. The largest absolute Gasteiger partial charge is 0.483 e. The lowest BCUT2D eigenvalue weighted by Crippen LogP contribution is -2.21. The van der Waals surface area contributed by atoms with E-state index in [1.807, 2.05) is 38.1 Å². The molecule has 24 heavy (non-hydrogen) atoms. The molecular formula is C19H21NO4. The van der Waals surface area contributed by atoms with Crippen LogP contribution in [0.4, 0.5) is 5.69 Å². The Labute approximate surface area is 141 Å². The molecule has 0 bridgehead atoms. The van der Waals surface area contributed by atoms with Crippen LogP contribution in [0.5, 0.6) is 5.75 Å². The van der Waals surface area contributed by atoms with Gasteiger partial charge in [0.25, 0.3) is 5.91 Å². The zero-order valence-electron chi connectivity index (χ0n) is 14.1. The average molecular weight is 327 g/mol. The third-order valence-electron chi connectivity index (χ3n) is 3.48. The zero-order valence-corrected chi connectivity index (χ0v) is 14.1. The molecule has 0 unspecified atom stereocenters. The summed E-state index contributed by atoms with van der Waals surface area (Å²) < 4.78 is 10.5. The van der Waals surface area contributed by atoms with Gasteiger partial charge in [-0.3, -0.25) is 4.79 Å². The fourth-order valence-electron chi connectivity index (χ4n) is 2.15. The molecule has 126 valence electrons. The lowest BCUT2D eigenvalue weighted by Gasteiger charge is -2.12. The lowest BCUT2D eigenvalue weighted by atomic mass is 10.1. The maximum atomic E-state index is 12.1. The summed E-state index contributed by atoms with van der Waals surface area (Å²) in [5.41, 5.74) is 2.79. The van der Waals surface area contributed by atoms with E-state index in [2.05, 4.69) is 5.32 Å². The second kappa shape index (κ2) is 8.15. The van der Waals surface area contributed by atoms with Gasteiger partial charge in [0.2, 0.25) is 0 Å². The van der Waals surface area contributed by atoms with Crippen LogP contribution in [-0.4, -0.2) is 25.1 Å². The predicted molar refractivity (Wildman–Crippen MR) is 92.4 cm³/mol. The van der Waals surface area contributed by atoms with Crippen molar-refractivity contribution in [2.45, 2.75) is 20.8 Å². The first kappa shape index (κ1) is 17.5. The highest BCUT2D eigenvalue weighted by Gasteiger charge is 2.11. The molecule has 5 nitrogen and oxygen atoms in total. The van der Waals surface area contributed by atoms with Crippen molar-refractivity contribution in [1.29, 1.82) is 0 Å². The van der Waals surface area contributed by atoms with Gasteiger partial charge in [-0.25, -0.2) is 4.79 Å². The topological polar surface area (TPSA) is 64.6 Å². The normalized spacial score (nSPS) is 10.1. The van der Waals surface area contributed by atoms with Crippen LogP contribution in [0, 0.1) is 13.8 Å². The van der Waals surface area contributed by atoms with E-state index in [0.29, 0.717) is 23.6 Å². The van der Waals surface area contributed by atoms with Gasteiger partial charge in [0.05, 0.1) is 12.2 Å². The number of carbonyl (C=O) groups excluding carboxylic acids is 2. The number of ether oxygens (including phenoxy) is 2. The molecule has 0 aliphatic heterocycles. The zero-order chi connectivity index (χ0) is 17.5. The summed E-state index contributed by atoms with van der Waals surface area (Å²) in [4.78, 5) is 23.9. The van der Waals surface area contributed by atoms with Gasteiger partial charge in [0.15, 0.2) is 6.61 Å². The number of hydrogen-bond acceptors (Lipinski definition) is 4. The maximum absolute atomic E-state index is 12.1. The Morgan fingerprint density at radius 3 is 2.50 bits per heavy atom. The second-order valence-electron chi connectivity index (χ2n) is 5.35. The molecule has 2 rings (SSSR count). The molecule has 5 heteroatoms. The number of benzene rings is 2. The van der Waals surface area contributed by atoms with Gasteiger partial charge < -0.3 is 14.8 Å². The molecular weight excluding hydrogens is 306 g/mol. The van der Waals surface area contributed by atoms with Crippen molar-refractivity contribution < 1.29 is 19.1 Å². The highest BCUT2D eigenvalue weighted by atomic mass is 16.5. The molecule has 0 radical (unpaired) electrons. The van der Waals surface area contributed by atoms with Crippen LogP contribution in [0.25, 0.3) is 0 Å². The number of nitrogens with one attached hydrogen (secondary N) is 1. The Hall–Kier alpha value is -2.82. The fraction of sp³-hybridized carbons (Fsp3) is 0.263. The Bertz CT molecular complexity index is 740. The Morgan fingerprint density at radius 1 is 1.04 bits per heavy atom. The fourth-order valence-corrected chi connectivity index (χ4v) is 2.15. The molecule has 0 fully saturated rings. The van der Waals surface area contributed by atoms with Crippen LogP contribution in [0.1, 0.15) is 28.4 Å². The molecule has 0 atom stereocenters. The summed E-state index contributed by atoms with van der Waals surface area (Å²) >= 11 is 0. The predicted octanol–water partition coefficient (Wildman–Crippen LogP) is 3.50. The first-order valence-electron chi connectivity index (χ1n) is 7.77. The number of rotatable bonds is 6. The van der Waals surface area contributed by atoms with E-state index in [9.17, 15) is 9.59 Å². The summed E-state index contributed by atoms with van der Waals surface area (Å²) in [5.74, 6) is -0.0313. The lowest BCUT2D eigenvalue weighted by molar-refractivity contribution is -0.118. The molecule has 0 aromatic heterocycles. The number of para-hydroxylation sites is 1. The highest BCUT2D eigenvalue weighted by Crippen LogP contribution is 2.19. The van der Waals surface area contributed by atoms with Crippen LogP contribution in [0.3, 0.4) is 0 Å². The van der Waals surface area contributed by atoms with E-state index in [4.69, 9.17) is 9.47 Å². The van der Waals surface area contributed by atoms with Crippen molar-refractivity contribution in [2.24, 2.45) is 0 Å². The van der Waals surface area contributed by atoms with Gasteiger partial charge >= 0.3 is 5.97 Å². The number of anilines is 1. The van der Waals surface area contributed by atoms with E-state index in [1.54, 1.807) is 25.1 Å². The first-order chi connectivity index (χ1) is 11.5. The van der Waals surface area contributed by atoms with Crippen molar-refractivity contribution in [3.63, 3.8) is 0 Å². The minimum absolute atomic E-state index is 0.103. The van der Waals surface area contributed by atoms with Crippen LogP contribution < -0.4 is 10.1 Å². The van der Waals surface area contributed by atoms with Crippen LogP contribution >= 0.6 is 0 Å². The first-order valence-corrected chi connectivity index (χ1v) is 7.77. The molecule has 0 spiro atoms. The van der Waals surface area contributed by atoms with E-state index in [-0.39, 0.29) is 12.5 Å². The second-order valence-corrected chi connectivity index (χ2v) is 5.35. The smallest absolute Gasteiger partial charge is 0.338 e. The quantitative estimate of drug-likeness (QED) is 0.825. The third kappa shape index (κ3) is 4.59. The van der Waals surface area contributed by atoms with Crippen LogP contribution in [0.15, 0.2) is 42.5 Å². The molecule has 0 aliphatic rings. The Morgan fingerprint density at radius 2 is 1.79 bits per heavy atom. The van der Waals surface area contributed by atoms with Crippen molar-refractivity contribution in [2.75, 3.05) is 18.5 Å². The van der Waals surface area contributed by atoms with Crippen molar-refractivity contribution in [3.05, 3.63) is 59.2 Å². The number of esters is 1. The van der Waals surface area contributed by atoms with Gasteiger partial charge in [-0.05, 0) is 50.1 Å². The van der Waals surface area contributed by atoms with Crippen molar-refractivity contribution in [1.82, 2.24) is 0 Å². The average Bonchev–Trinajstić information content (AvgIpc) is 2.56. The summed E-state index contributed by atoms with van der Waals surface area (Å²) in [5, 5.41) is 2.77. The molecule has 0 aliphatic carbocycles. The van der Waals surface area contributed by atoms with E-state index < -0.39 is 5.97 Å². The van der Waals surface area contributed by atoms with Gasteiger partial charge in [-0.2, -0.15) is 0 Å². The molecule has 1 amide bonds. The number of aryl methyl sites for hydroxylation is 2. The van der Waals surface area contributed by atoms with Gasteiger partial charge in [-0.1, -0.05) is 24.3 Å². The Balaban J connectivity index is 2.02. The molecule has 0 heterocycles. The maximum Gasteiger partial charge on any atom is 0.338 e. The summed E-state index contributed by atoms with van der Waals surface area (Å²) in [6.07, 6.45) is 0. The Kier molecular flexibility index (Phi) is 5.95. The van der Waals surface area contributed by atoms with Gasteiger partial charge in [0.1, 0.15) is 5.75 Å². The highest BCUT2D eigenvalue weighted by molar-refractivity contribution is 5.96. The monoisotopic (exact) mass is 327 g/mol. The van der Waals surface area contributed by atoms with Crippen molar-refractivity contribution >= 4 is 17.6 Å². The van der Waals surface area contributed by atoms with Gasteiger partial charge in [-0.15, -0.1) is 0 Å².